The van der Waals surface area contributed by atoms with Crippen LogP contribution in [-0.2, 0) is 60.3 Å². The van der Waals surface area contributed by atoms with Gasteiger partial charge in [0, 0.05) is 65.6 Å². The molecule has 6 N–H and O–H groups in total. The smallest absolute Gasteiger partial charge is 0.872 e. The molecule has 54 heavy (non-hydrogen) atoms. The van der Waals surface area contributed by atoms with E-state index >= 15 is 0 Å². The molecule has 0 aromatic heterocycles. The van der Waals surface area contributed by atoms with Gasteiger partial charge in [0.05, 0.1) is 0 Å². The van der Waals surface area contributed by atoms with Crippen LogP contribution >= 0.6 is 0 Å². The maximum absolute atomic E-state index is 11.7. The van der Waals surface area contributed by atoms with Gasteiger partial charge in [0.15, 0.2) is 0 Å². The third kappa shape index (κ3) is 23.6. The Hall–Kier alpha value is -3.12. The van der Waals surface area contributed by atoms with E-state index in [0.29, 0.717) is 26.2 Å². The molecule has 0 aliphatic carbocycles. The Kier molecular flexibility index (Phi) is 29.6. The fraction of sp³-hybridized carbons (Fsp3) is 0.429. The van der Waals surface area contributed by atoms with Gasteiger partial charge in [-0.3, -0.25) is 0 Å². The number of para-hydroxylation sites is 4. The minimum Gasteiger partial charge on any atom is -0.872 e. The first-order valence-electron chi connectivity index (χ1n) is 17.8. The molecule has 4 aromatic rings. The molecule has 0 saturated carbocycles. The van der Waals surface area contributed by atoms with Crippen LogP contribution in [0.1, 0.15) is 63.8 Å². The second-order valence-corrected chi connectivity index (χ2v) is 13.8. The molecule has 0 aliphatic rings. The van der Waals surface area contributed by atoms with Gasteiger partial charge in [-0.15, -0.1) is 23.0 Å². The Balaban J connectivity index is 0. The van der Waals surface area contributed by atoms with Crippen molar-refractivity contribution in [2.45, 2.75) is 67.7 Å². The monoisotopic (exact) mass is 842 g/mol. The molecule has 0 amide bonds. The summed E-state index contributed by atoms with van der Waals surface area (Å²) in [5.74, 6) is 0.289. The van der Waals surface area contributed by atoms with Gasteiger partial charge >= 0.3 is 34.1 Å². The van der Waals surface area contributed by atoms with Crippen LogP contribution in [0.15, 0.2) is 97.1 Å². The van der Waals surface area contributed by atoms with Crippen molar-refractivity contribution in [2.75, 3.05) is 39.4 Å². The Labute approximate surface area is 344 Å². The molecule has 0 aliphatic heterocycles. The third-order valence-corrected chi connectivity index (χ3v) is 7.57. The molecule has 0 unspecified atom stereocenters. The zero-order valence-corrected chi connectivity index (χ0v) is 34.3. The first kappa shape index (κ1) is 53.0. The molecular formula is C42H60Cu2N4O6. The van der Waals surface area contributed by atoms with E-state index in [0.717, 1.165) is 48.4 Å². The Morgan fingerprint density at radius 3 is 0.741 bits per heavy atom. The average molecular weight is 844 g/mol. The first-order chi connectivity index (χ1) is 24.8. The van der Waals surface area contributed by atoms with Crippen LogP contribution in [0.4, 0.5) is 0 Å². The summed E-state index contributed by atoms with van der Waals surface area (Å²) in [6.45, 7) is 17.9. The molecule has 4 aromatic carbocycles. The number of rotatable bonds is 16. The van der Waals surface area contributed by atoms with E-state index < -0.39 is 0 Å². The minimum absolute atomic E-state index is 0. The molecule has 0 heterocycles. The topological polar surface area (TPSA) is 181 Å². The summed E-state index contributed by atoms with van der Waals surface area (Å²) in [6, 6.07) is 28.3. The van der Waals surface area contributed by atoms with E-state index in [2.05, 4.69) is 49.0 Å². The van der Waals surface area contributed by atoms with Crippen molar-refractivity contribution < 1.29 is 64.8 Å². The molecule has 12 heteroatoms. The van der Waals surface area contributed by atoms with Crippen molar-refractivity contribution >= 4 is 0 Å². The minimum atomic E-state index is 0. The predicted molar refractivity (Wildman–Crippen MR) is 203 cm³/mol. The van der Waals surface area contributed by atoms with Crippen molar-refractivity contribution in [1.82, 2.24) is 21.3 Å². The number of aliphatic hydroxyl groups excluding tert-OH is 2. The molecule has 306 valence electrons. The molecule has 0 bridgehead atoms. The van der Waals surface area contributed by atoms with Crippen LogP contribution in [0, 0.1) is 10.8 Å². The molecule has 10 nitrogen and oxygen atoms in total. The van der Waals surface area contributed by atoms with Crippen molar-refractivity contribution in [3.05, 3.63) is 119 Å². The van der Waals surface area contributed by atoms with Gasteiger partial charge in [0.1, 0.15) is 0 Å². The molecule has 0 fully saturated rings. The number of aliphatic hydroxyl groups is 2. The standard InChI is InChI=1S/2C19H26N2O2.2C2H6O.2Cu/c2*1-19(2,13-20-11-15-7-3-5-9-17(15)22)14-21-12-16-8-4-6-10-18(16)23;2*1-2-3;;/h2*3-10,20-23H,11-14H2,1-2H3;2*3H,2H2,1H3;;/q;;;;2*+2/p-4. The van der Waals surface area contributed by atoms with Gasteiger partial charge in [-0.2, -0.15) is 0 Å². The van der Waals surface area contributed by atoms with Gasteiger partial charge in [0.2, 0.25) is 0 Å². The Bertz CT molecular complexity index is 1310. The van der Waals surface area contributed by atoms with E-state index in [1.165, 1.54) is 0 Å². The van der Waals surface area contributed by atoms with Crippen LogP contribution in [0.5, 0.6) is 23.0 Å². The fourth-order valence-electron chi connectivity index (χ4n) is 4.87. The normalized spacial score (nSPS) is 10.5. The van der Waals surface area contributed by atoms with Gasteiger partial charge in [-0.25, -0.2) is 0 Å². The van der Waals surface area contributed by atoms with Crippen molar-refractivity contribution in [2.24, 2.45) is 10.8 Å². The third-order valence-electron chi connectivity index (χ3n) is 7.57. The molecular weight excluding hydrogens is 784 g/mol. The molecule has 0 saturated heterocycles. The van der Waals surface area contributed by atoms with E-state index in [1.807, 2.05) is 48.5 Å². The van der Waals surface area contributed by atoms with Crippen LogP contribution in [0.2, 0.25) is 0 Å². The zero-order valence-electron chi connectivity index (χ0n) is 32.4. The average Bonchev–Trinajstić information content (AvgIpc) is 3.09. The van der Waals surface area contributed by atoms with Crippen molar-refractivity contribution in [3.63, 3.8) is 0 Å². The predicted octanol–water partition coefficient (Wildman–Crippen LogP) is 3.47. The number of nitrogens with one attached hydrogen (secondary N) is 4. The molecule has 0 atom stereocenters. The zero-order chi connectivity index (χ0) is 38.8. The summed E-state index contributed by atoms with van der Waals surface area (Å²) in [5, 5.41) is 75.1. The van der Waals surface area contributed by atoms with Crippen LogP contribution < -0.4 is 41.7 Å². The summed E-state index contributed by atoms with van der Waals surface area (Å²) >= 11 is 0. The Morgan fingerprint density at radius 1 is 0.407 bits per heavy atom. The maximum Gasteiger partial charge on any atom is 2.00 e. The summed E-state index contributed by atoms with van der Waals surface area (Å²) in [5.41, 5.74) is 3.20. The summed E-state index contributed by atoms with van der Waals surface area (Å²) < 4.78 is 0. The van der Waals surface area contributed by atoms with Crippen LogP contribution in [-0.4, -0.2) is 49.6 Å². The van der Waals surface area contributed by atoms with Gasteiger partial charge in [0.25, 0.3) is 0 Å². The van der Waals surface area contributed by atoms with E-state index in [4.69, 9.17) is 10.2 Å². The van der Waals surface area contributed by atoms with Crippen LogP contribution in [0.25, 0.3) is 0 Å². The van der Waals surface area contributed by atoms with Gasteiger partial charge in [-0.05, 0) is 46.9 Å². The summed E-state index contributed by atoms with van der Waals surface area (Å²) in [4.78, 5) is 0. The SMILES string of the molecule is CC(C)(CNCc1ccccc1[O-])CNCc1ccccc1[O-].CC(C)(CNCc1ccccc1[O-])CNCc1ccccc1[O-].CCO.CCO.[Cu+2].[Cu+2]. The second kappa shape index (κ2) is 30.1. The summed E-state index contributed by atoms with van der Waals surface area (Å²) in [7, 11) is 0. The quantitative estimate of drug-likeness (QED) is 0.0916. The van der Waals surface area contributed by atoms with Crippen molar-refractivity contribution in [3.8, 4) is 23.0 Å². The fourth-order valence-corrected chi connectivity index (χ4v) is 4.87. The largest absolute Gasteiger partial charge is 2.00 e. The van der Waals surface area contributed by atoms with E-state index in [9.17, 15) is 20.4 Å². The number of benzene rings is 4. The van der Waals surface area contributed by atoms with Crippen molar-refractivity contribution in [1.29, 1.82) is 0 Å². The van der Waals surface area contributed by atoms with Crippen LogP contribution in [0.3, 0.4) is 0 Å². The number of hydrogen-bond donors (Lipinski definition) is 6. The van der Waals surface area contributed by atoms with E-state index in [1.54, 1.807) is 62.4 Å². The number of hydrogen-bond acceptors (Lipinski definition) is 10. The van der Waals surface area contributed by atoms with Gasteiger partial charge in [-0.1, -0.05) is 125 Å². The van der Waals surface area contributed by atoms with Gasteiger partial charge < -0.3 is 51.9 Å². The molecule has 2 radical (unpaired) electrons. The van der Waals surface area contributed by atoms with E-state index in [-0.39, 0.29) is 81.2 Å². The molecule has 4 rings (SSSR count). The Morgan fingerprint density at radius 2 is 0.574 bits per heavy atom. The summed E-state index contributed by atoms with van der Waals surface area (Å²) in [6.07, 6.45) is 0. The molecule has 0 spiro atoms. The first-order valence-corrected chi connectivity index (χ1v) is 17.8. The second-order valence-electron chi connectivity index (χ2n) is 13.8. The maximum atomic E-state index is 11.7.